The summed E-state index contributed by atoms with van der Waals surface area (Å²) in [4.78, 5) is 8.83. The van der Waals surface area contributed by atoms with Crippen LogP contribution in [0, 0.1) is 0 Å². The Bertz CT molecular complexity index is 567. The molecule has 1 heterocycles. The normalized spacial score (nSPS) is 10.4. The highest BCUT2D eigenvalue weighted by molar-refractivity contribution is 5.40. The minimum atomic E-state index is 0.584. The van der Waals surface area contributed by atoms with Crippen molar-refractivity contribution >= 4 is 5.82 Å². The van der Waals surface area contributed by atoms with Gasteiger partial charge in [0, 0.05) is 19.0 Å². The van der Waals surface area contributed by atoms with E-state index in [9.17, 15) is 0 Å². The van der Waals surface area contributed by atoms with Crippen molar-refractivity contribution < 1.29 is 4.74 Å². The van der Waals surface area contributed by atoms with Crippen LogP contribution in [0.5, 0.6) is 11.6 Å². The number of hydrogen-bond donors (Lipinski definition) is 1. The summed E-state index contributed by atoms with van der Waals surface area (Å²) in [7, 11) is 0. The largest absolute Gasteiger partial charge is 0.439 e. The maximum atomic E-state index is 5.85. The van der Waals surface area contributed by atoms with Gasteiger partial charge in [0.05, 0.1) is 0 Å². The molecule has 0 bridgehead atoms. The van der Waals surface area contributed by atoms with Crippen molar-refractivity contribution in [3.8, 4) is 11.6 Å². The zero-order chi connectivity index (χ0) is 15.1. The average molecular weight is 285 g/mol. The molecular formula is C17H23N3O. The molecule has 0 saturated heterocycles. The Morgan fingerprint density at radius 1 is 1.05 bits per heavy atom. The van der Waals surface area contributed by atoms with Gasteiger partial charge in [-0.3, -0.25) is 0 Å². The number of aryl methyl sites for hydroxylation is 2. The Hall–Kier alpha value is -2.10. The maximum absolute atomic E-state index is 5.85. The molecule has 0 unspecified atom stereocenters. The number of hydrogen-bond acceptors (Lipinski definition) is 4. The van der Waals surface area contributed by atoms with Crippen molar-refractivity contribution in [1.29, 1.82) is 0 Å². The van der Waals surface area contributed by atoms with Crippen LogP contribution in [-0.4, -0.2) is 16.5 Å². The molecule has 2 rings (SSSR count). The lowest BCUT2D eigenvalue weighted by molar-refractivity contribution is 0.459. The molecule has 4 nitrogen and oxygen atoms in total. The molecule has 0 amide bonds. The van der Waals surface area contributed by atoms with E-state index < -0.39 is 0 Å². The Morgan fingerprint density at radius 2 is 1.81 bits per heavy atom. The average Bonchev–Trinajstić information content (AvgIpc) is 2.49. The van der Waals surface area contributed by atoms with E-state index in [1.54, 1.807) is 0 Å². The van der Waals surface area contributed by atoms with E-state index in [1.165, 1.54) is 5.56 Å². The first kappa shape index (κ1) is 15.3. The van der Waals surface area contributed by atoms with Crippen LogP contribution in [0.3, 0.4) is 0 Å². The number of benzene rings is 1. The smallest absolute Gasteiger partial charge is 0.224 e. The van der Waals surface area contributed by atoms with Crippen LogP contribution >= 0.6 is 0 Å². The Labute approximate surface area is 126 Å². The van der Waals surface area contributed by atoms with E-state index >= 15 is 0 Å². The summed E-state index contributed by atoms with van der Waals surface area (Å²) in [5.41, 5.74) is 1.33. The van der Waals surface area contributed by atoms with Gasteiger partial charge in [0.1, 0.15) is 17.4 Å². The molecule has 1 N–H and O–H groups in total. The molecule has 112 valence electrons. The Kier molecular flexibility index (Phi) is 5.55. The first-order valence-corrected chi connectivity index (χ1v) is 7.63. The van der Waals surface area contributed by atoms with Crippen LogP contribution < -0.4 is 10.1 Å². The van der Waals surface area contributed by atoms with Crippen LogP contribution in [0.1, 0.15) is 38.6 Å². The van der Waals surface area contributed by atoms with Gasteiger partial charge >= 0.3 is 0 Å². The fraction of sp³-hybridized carbons (Fsp3) is 0.412. The van der Waals surface area contributed by atoms with Crippen LogP contribution in [-0.2, 0) is 12.8 Å². The fourth-order valence-electron chi connectivity index (χ4n) is 2.09. The SMILES string of the molecule is CCCc1ccc(Oc2cc(NCC)nc(CC)n2)cc1. The summed E-state index contributed by atoms with van der Waals surface area (Å²) in [5, 5.41) is 3.20. The topological polar surface area (TPSA) is 47.0 Å². The first-order valence-electron chi connectivity index (χ1n) is 7.63. The van der Waals surface area contributed by atoms with Crippen LogP contribution in [0.4, 0.5) is 5.82 Å². The van der Waals surface area contributed by atoms with Crippen LogP contribution in [0.2, 0.25) is 0 Å². The second kappa shape index (κ2) is 7.62. The zero-order valence-corrected chi connectivity index (χ0v) is 13.0. The third-order valence-corrected chi connectivity index (χ3v) is 3.11. The lowest BCUT2D eigenvalue weighted by atomic mass is 10.1. The van der Waals surface area contributed by atoms with Gasteiger partial charge in [-0.15, -0.1) is 0 Å². The molecule has 0 aliphatic rings. The summed E-state index contributed by atoms with van der Waals surface area (Å²) in [6.45, 7) is 7.08. The quantitative estimate of drug-likeness (QED) is 0.827. The predicted octanol–water partition coefficient (Wildman–Crippen LogP) is 4.22. The van der Waals surface area contributed by atoms with Crippen molar-refractivity contribution in [2.45, 2.75) is 40.0 Å². The van der Waals surface area contributed by atoms with E-state index in [1.807, 2.05) is 32.0 Å². The maximum Gasteiger partial charge on any atom is 0.224 e. The van der Waals surface area contributed by atoms with Gasteiger partial charge in [-0.1, -0.05) is 32.4 Å². The molecule has 0 saturated carbocycles. The monoisotopic (exact) mass is 285 g/mol. The molecule has 0 spiro atoms. The number of aromatic nitrogens is 2. The van der Waals surface area contributed by atoms with Crippen molar-refractivity contribution in [3.05, 3.63) is 41.7 Å². The molecule has 0 atom stereocenters. The fourth-order valence-corrected chi connectivity index (χ4v) is 2.09. The van der Waals surface area contributed by atoms with E-state index in [4.69, 9.17) is 4.74 Å². The van der Waals surface area contributed by atoms with Gasteiger partial charge in [0.25, 0.3) is 0 Å². The molecule has 0 radical (unpaired) electrons. The lowest BCUT2D eigenvalue weighted by Crippen LogP contribution is -2.04. The summed E-state index contributed by atoms with van der Waals surface area (Å²) in [5.74, 6) is 2.98. The zero-order valence-electron chi connectivity index (χ0n) is 13.0. The number of nitrogens with one attached hydrogen (secondary N) is 1. The van der Waals surface area contributed by atoms with Crippen LogP contribution in [0.15, 0.2) is 30.3 Å². The van der Waals surface area contributed by atoms with Gasteiger partial charge < -0.3 is 10.1 Å². The number of rotatable bonds is 7. The van der Waals surface area contributed by atoms with Gasteiger partial charge in [-0.05, 0) is 31.0 Å². The minimum Gasteiger partial charge on any atom is -0.439 e. The van der Waals surface area contributed by atoms with Gasteiger partial charge in [0.15, 0.2) is 0 Å². The molecule has 0 aliphatic heterocycles. The summed E-state index contributed by atoms with van der Waals surface area (Å²) in [6, 6.07) is 10.0. The van der Waals surface area contributed by atoms with Crippen LogP contribution in [0.25, 0.3) is 0 Å². The predicted molar refractivity (Wildman–Crippen MR) is 86.1 cm³/mol. The Balaban J connectivity index is 2.15. The lowest BCUT2D eigenvalue weighted by Gasteiger charge is -2.09. The molecular weight excluding hydrogens is 262 g/mol. The standard InChI is InChI=1S/C17H23N3O/c1-4-7-13-8-10-14(11-9-13)21-17-12-16(18-6-3)19-15(5-2)20-17/h8-12H,4-7H2,1-3H3,(H,18,19,20). The van der Waals surface area contributed by atoms with E-state index in [-0.39, 0.29) is 0 Å². The van der Waals surface area contributed by atoms with E-state index in [0.29, 0.717) is 5.88 Å². The van der Waals surface area contributed by atoms with Gasteiger partial charge in [0.2, 0.25) is 5.88 Å². The summed E-state index contributed by atoms with van der Waals surface area (Å²) in [6.07, 6.45) is 3.03. The van der Waals surface area contributed by atoms with E-state index in [2.05, 4.69) is 34.3 Å². The molecule has 1 aromatic heterocycles. The van der Waals surface area contributed by atoms with Crippen molar-refractivity contribution in [1.82, 2.24) is 9.97 Å². The van der Waals surface area contributed by atoms with Crippen molar-refractivity contribution in [2.75, 3.05) is 11.9 Å². The molecule has 2 aromatic rings. The molecule has 4 heteroatoms. The molecule has 1 aromatic carbocycles. The number of nitrogens with zero attached hydrogens (tertiary/aromatic N) is 2. The van der Waals surface area contributed by atoms with Gasteiger partial charge in [-0.2, -0.15) is 4.98 Å². The second-order valence-electron chi connectivity index (χ2n) is 4.89. The highest BCUT2D eigenvalue weighted by atomic mass is 16.5. The highest BCUT2D eigenvalue weighted by Crippen LogP contribution is 2.22. The molecule has 0 fully saturated rings. The molecule has 0 aliphatic carbocycles. The number of anilines is 1. The second-order valence-corrected chi connectivity index (χ2v) is 4.89. The summed E-state index contributed by atoms with van der Waals surface area (Å²) >= 11 is 0. The minimum absolute atomic E-state index is 0.584. The highest BCUT2D eigenvalue weighted by Gasteiger charge is 2.05. The molecule has 21 heavy (non-hydrogen) atoms. The van der Waals surface area contributed by atoms with Crippen molar-refractivity contribution in [2.24, 2.45) is 0 Å². The van der Waals surface area contributed by atoms with E-state index in [0.717, 1.165) is 43.2 Å². The number of ether oxygens (including phenoxy) is 1. The third kappa shape index (κ3) is 4.45. The van der Waals surface area contributed by atoms with Crippen molar-refractivity contribution in [3.63, 3.8) is 0 Å². The third-order valence-electron chi connectivity index (χ3n) is 3.11. The summed E-state index contributed by atoms with van der Waals surface area (Å²) < 4.78 is 5.85. The first-order chi connectivity index (χ1) is 10.2. The Morgan fingerprint density at radius 3 is 2.43 bits per heavy atom. The van der Waals surface area contributed by atoms with Gasteiger partial charge in [-0.25, -0.2) is 4.98 Å².